The van der Waals surface area contributed by atoms with Crippen LogP contribution in [0, 0.1) is 0 Å². The van der Waals surface area contributed by atoms with Crippen LogP contribution in [0.4, 0.5) is 11.4 Å². The first-order valence-corrected chi connectivity index (χ1v) is 15.3. The molecule has 1 N–H and O–H groups in total. The molecule has 9 rings (SSSR count). The smallest absolute Gasteiger partial charge is 0.135 e. The minimum atomic E-state index is 0.905. The van der Waals surface area contributed by atoms with Gasteiger partial charge in [-0.3, -0.25) is 0 Å². The molecule has 0 aliphatic carbocycles. The molecule has 0 atom stereocenters. The van der Waals surface area contributed by atoms with Gasteiger partial charge in [-0.25, -0.2) is 0 Å². The third-order valence-corrected chi connectivity index (χ3v) is 8.78. The molecule has 7 aromatic carbocycles. The highest BCUT2D eigenvalue weighted by Crippen LogP contribution is 2.39. The van der Waals surface area contributed by atoms with Gasteiger partial charge in [-0.1, -0.05) is 103 Å². The van der Waals surface area contributed by atoms with Crippen LogP contribution in [0.2, 0.25) is 0 Å². The Morgan fingerprint density at radius 3 is 1.96 bits per heavy atom. The number of rotatable bonds is 5. The molecule has 0 aliphatic rings. The van der Waals surface area contributed by atoms with Gasteiger partial charge in [-0.15, -0.1) is 0 Å². The maximum atomic E-state index is 6.13. The van der Waals surface area contributed by atoms with Crippen molar-refractivity contribution in [3.05, 3.63) is 164 Å². The van der Waals surface area contributed by atoms with Crippen LogP contribution >= 0.6 is 0 Å². The SMILES string of the molecule is c1ccc(Nc2cc(-c3ccc4c(c3)c3ccccc3n4-c3ccc4oc5ccccc5c4c3)ccc2-c2ccccc2)cc1. The molecule has 0 spiro atoms. The van der Waals surface area contributed by atoms with Crippen LogP contribution in [0.1, 0.15) is 0 Å². The Balaban J connectivity index is 1.21. The fourth-order valence-electron chi connectivity index (χ4n) is 6.66. The second-order valence-electron chi connectivity index (χ2n) is 11.5. The number of nitrogens with one attached hydrogen (secondary N) is 1. The fourth-order valence-corrected chi connectivity index (χ4v) is 6.66. The van der Waals surface area contributed by atoms with E-state index in [9.17, 15) is 0 Å². The van der Waals surface area contributed by atoms with Gasteiger partial charge in [0, 0.05) is 44.2 Å². The van der Waals surface area contributed by atoms with Crippen molar-refractivity contribution in [3.63, 3.8) is 0 Å². The van der Waals surface area contributed by atoms with E-state index in [4.69, 9.17) is 4.42 Å². The first kappa shape index (κ1) is 25.4. The summed E-state index contributed by atoms with van der Waals surface area (Å²) in [6.07, 6.45) is 0. The van der Waals surface area contributed by atoms with Gasteiger partial charge in [0.25, 0.3) is 0 Å². The van der Waals surface area contributed by atoms with Crippen molar-refractivity contribution in [2.24, 2.45) is 0 Å². The number of aromatic nitrogens is 1. The molecule has 9 aromatic rings. The molecule has 0 amide bonds. The minimum absolute atomic E-state index is 0.905. The summed E-state index contributed by atoms with van der Waals surface area (Å²) in [7, 11) is 0. The van der Waals surface area contributed by atoms with Gasteiger partial charge < -0.3 is 14.3 Å². The van der Waals surface area contributed by atoms with E-state index in [0.29, 0.717) is 0 Å². The number of benzene rings is 7. The van der Waals surface area contributed by atoms with E-state index in [1.807, 2.05) is 18.2 Å². The Hall–Kier alpha value is -6.06. The van der Waals surface area contributed by atoms with Gasteiger partial charge in [-0.2, -0.15) is 0 Å². The molecule has 2 aromatic heterocycles. The summed E-state index contributed by atoms with van der Waals surface area (Å²) in [4.78, 5) is 0. The predicted molar refractivity (Wildman–Crippen MR) is 189 cm³/mol. The molecular formula is C42H28N2O. The lowest BCUT2D eigenvalue weighted by molar-refractivity contribution is 0.669. The lowest BCUT2D eigenvalue weighted by Crippen LogP contribution is -1.95. The standard InChI is InChI=1S/C42H28N2O/c1-3-11-28(12-4-1)33-22-19-30(26-38(33)43-31-13-5-2-6-14-31)29-20-23-40-36(25-29)34-15-7-9-17-39(34)44(40)32-21-24-42-37(27-32)35-16-8-10-18-41(35)45-42/h1-27,43H. The highest BCUT2D eigenvalue weighted by atomic mass is 16.3. The molecule has 0 radical (unpaired) electrons. The summed E-state index contributed by atoms with van der Waals surface area (Å²) < 4.78 is 8.51. The first-order valence-electron chi connectivity index (χ1n) is 15.3. The van der Waals surface area contributed by atoms with Gasteiger partial charge in [-0.05, 0) is 77.4 Å². The summed E-state index contributed by atoms with van der Waals surface area (Å²) >= 11 is 0. The summed E-state index contributed by atoms with van der Waals surface area (Å²) in [6.45, 7) is 0. The van der Waals surface area contributed by atoms with Crippen LogP contribution in [-0.4, -0.2) is 4.57 Å². The molecule has 0 unspecified atom stereocenters. The van der Waals surface area contributed by atoms with Crippen LogP contribution < -0.4 is 5.32 Å². The average molecular weight is 577 g/mol. The maximum Gasteiger partial charge on any atom is 0.135 e. The van der Waals surface area contributed by atoms with Crippen molar-refractivity contribution in [2.75, 3.05) is 5.32 Å². The fraction of sp³-hybridized carbons (Fsp3) is 0. The topological polar surface area (TPSA) is 30.1 Å². The van der Waals surface area contributed by atoms with Crippen LogP contribution in [0.5, 0.6) is 0 Å². The Morgan fingerprint density at radius 2 is 1.09 bits per heavy atom. The van der Waals surface area contributed by atoms with E-state index >= 15 is 0 Å². The number of fused-ring (bicyclic) bond motifs is 6. The summed E-state index contributed by atoms with van der Waals surface area (Å²) in [5.74, 6) is 0. The quantitative estimate of drug-likeness (QED) is 0.221. The van der Waals surface area contributed by atoms with Crippen LogP contribution in [0.25, 0.3) is 71.7 Å². The van der Waals surface area contributed by atoms with Gasteiger partial charge in [0.2, 0.25) is 0 Å². The van der Waals surface area contributed by atoms with Crippen LogP contribution in [0.3, 0.4) is 0 Å². The molecule has 0 saturated carbocycles. The monoisotopic (exact) mass is 576 g/mol. The molecule has 212 valence electrons. The van der Waals surface area contributed by atoms with Crippen molar-refractivity contribution in [2.45, 2.75) is 0 Å². The largest absolute Gasteiger partial charge is 0.456 e. The molecule has 0 fully saturated rings. The minimum Gasteiger partial charge on any atom is -0.456 e. The van der Waals surface area contributed by atoms with Crippen molar-refractivity contribution >= 4 is 55.1 Å². The van der Waals surface area contributed by atoms with Crippen molar-refractivity contribution < 1.29 is 4.42 Å². The summed E-state index contributed by atoms with van der Waals surface area (Å²) in [5, 5.41) is 8.41. The molecule has 3 nitrogen and oxygen atoms in total. The highest BCUT2D eigenvalue weighted by Gasteiger charge is 2.16. The van der Waals surface area contributed by atoms with Crippen LogP contribution in [-0.2, 0) is 0 Å². The molecule has 3 heteroatoms. The Kier molecular flexibility index (Phi) is 5.82. The van der Waals surface area contributed by atoms with Gasteiger partial charge in [0.05, 0.1) is 11.0 Å². The van der Waals surface area contributed by atoms with E-state index in [1.165, 1.54) is 38.5 Å². The molecule has 2 heterocycles. The average Bonchev–Trinajstić information content (AvgIpc) is 3.64. The Labute approximate surface area is 260 Å². The second-order valence-corrected chi connectivity index (χ2v) is 11.5. The zero-order valence-electron chi connectivity index (χ0n) is 24.4. The third-order valence-electron chi connectivity index (χ3n) is 8.78. The van der Waals surface area contributed by atoms with E-state index in [1.54, 1.807) is 0 Å². The van der Waals surface area contributed by atoms with Crippen LogP contribution in [0.15, 0.2) is 168 Å². The summed E-state index contributed by atoms with van der Waals surface area (Å²) in [6, 6.07) is 58.0. The predicted octanol–water partition coefficient (Wildman–Crippen LogP) is 11.8. The van der Waals surface area contributed by atoms with Gasteiger partial charge in [0.1, 0.15) is 11.2 Å². The lowest BCUT2D eigenvalue weighted by atomic mass is 9.97. The maximum absolute atomic E-state index is 6.13. The zero-order chi connectivity index (χ0) is 29.7. The highest BCUT2D eigenvalue weighted by molar-refractivity contribution is 6.11. The molecule has 0 aliphatic heterocycles. The number of hydrogen-bond donors (Lipinski definition) is 1. The van der Waals surface area contributed by atoms with Crippen molar-refractivity contribution in [3.8, 4) is 27.9 Å². The first-order chi connectivity index (χ1) is 22.3. The van der Waals surface area contributed by atoms with Gasteiger partial charge in [0.15, 0.2) is 0 Å². The number of para-hydroxylation sites is 3. The number of hydrogen-bond acceptors (Lipinski definition) is 2. The number of furan rings is 1. The lowest BCUT2D eigenvalue weighted by Gasteiger charge is -2.15. The summed E-state index contributed by atoms with van der Waals surface area (Å²) in [5.41, 5.74) is 12.1. The second kappa shape index (κ2) is 10.3. The zero-order valence-corrected chi connectivity index (χ0v) is 24.4. The van der Waals surface area contributed by atoms with Crippen molar-refractivity contribution in [1.29, 1.82) is 0 Å². The third kappa shape index (κ3) is 4.29. The number of nitrogens with zero attached hydrogens (tertiary/aromatic N) is 1. The molecule has 0 bridgehead atoms. The van der Waals surface area contributed by atoms with Crippen molar-refractivity contribution in [1.82, 2.24) is 4.57 Å². The van der Waals surface area contributed by atoms with Gasteiger partial charge >= 0.3 is 0 Å². The van der Waals surface area contributed by atoms with E-state index in [-0.39, 0.29) is 0 Å². The van der Waals surface area contributed by atoms with E-state index < -0.39 is 0 Å². The molecule has 0 saturated heterocycles. The Morgan fingerprint density at radius 1 is 0.422 bits per heavy atom. The van der Waals surface area contributed by atoms with E-state index in [0.717, 1.165) is 44.6 Å². The normalized spacial score (nSPS) is 11.6. The number of anilines is 2. The van der Waals surface area contributed by atoms with E-state index in [2.05, 4.69) is 155 Å². The molecule has 45 heavy (non-hydrogen) atoms. The molecular weight excluding hydrogens is 548 g/mol. The Bertz CT molecular complexity index is 2510.